The minimum absolute atomic E-state index is 0.294. The minimum atomic E-state index is -0.294. The van der Waals surface area contributed by atoms with Gasteiger partial charge in [0.05, 0.1) is 11.0 Å². The van der Waals surface area contributed by atoms with Crippen LogP contribution in [0, 0.1) is 18.2 Å². The summed E-state index contributed by atoms with van der Waals surface area (Å²) in [5.74, 6) is 2.11. The second-order valence-electron chi connectivity index (χ2n) is 2.19. The highest BCUT2D eigenvalue weighted by Crippen LogP contribution is 2.18. The second-order valence-corrected chi connectivity index (χ2v) is 3.04. The van der Waals surface area contributed by atoms with E-state index in [0.29, 0.717) is 16.7 Å². The summed E-state index contributed by atoms with van der Waals surface area (Å²) in [6.07, 6.45) is 5.03. The van der Waals surface area contributed by atoms with Crippen molar-refractivity contribution in [2.24, 2.45) is 0 Å². The van der Waals surface area contributed by atoms with Crippen LogP contribution in [0.4, 0.5) is 10.1 Å². The van der Waals surface area contributed by atoms with E-state index in [2.05, 4.69) is 27.2 Å². The molecule has 0 aliphatic rings. The normalized spacial score (nSPS) is 9.08. The summed E-state index contributed by atoms with van der Waals surface area (Å²) in [7, 11) is 0. The molecule has 1 rings (SSSR count). The molecule has 0 radical (unpaired) electrons. The van der Waals surface area contributed by atoms with Crippen molar-refractivity contribution >= 4 is 21.6 Å². The van der Waals surface area contributed by atoms with E-state index in [9.17, 15) is 4.39 Å². The molecule has 0 aliphatic heterocycles. The molecule has 1 aromatic carbocycles. The second kappa shape index (κ2) is 4.13. The number of nitrogens with one attached hydrogen (secondary N) is 1. The average molecular weight is 228 g/mol. The Balaban J connectivity index is 2.77. The zero-order valence-corrected chi connectivity index (χ0v) is 7.86. The first-order chi connectivity index (χ1) is 5.74. The lowest BCUT2D eigenvalue weighted by Gasteiger charge is -2.02. The number of hydrogen-bond donors (Lipinski definition) is 1. The van der Waals surface area contributed by atoms with Crippen molar-refractivity contribution in [1.29, 1.82) is 0 Å². The van der Waals surface area contributed by atoms with Gasteiger partial charge in [0.25, 0.3) is 0 Å². The van der Waals surface area contributed by atoms with Crippen LogP contribution < -0.4 is 5.32 Å². The van der Waals surface area contributed by atoms with Crippen LogP contribution in [0.2, 0.25) is 0 Å². The van der Waals surface area contributed by atoms with E-state index in [-0.39, 0.29) is 5.82 Å². The molecule has 0 saturated heterocycles. The van der Waals surface area contributed by atoms with Gasteiger partial charge in [0, 0.05) is 5.69 Å². The number of halogens is 2. The van der Waals surface area contributed by atoms with E-state index in [1.165, 1.54) is 6.07 Å². The molecule has 0 bridgehead atoms. The van der Waals surface area contributed by atoms with Crippen molar-refractivity contribution in [1.82, 2.24) is 0 Å². The molecular formula is C9H7BrFN. The van der Waals surface area contributed by atoms with E-state index in [1.807, 2.05) is 0 Å². The Kier molecular flexibility index (Phi) is 3.12. The molecular weight excluding hydrogens is 221 g/mol. The Morgan fingerprint density at radius 3 is 2.92 bits per heavy atom. The standard InChI is InChI=1S/C9H7BrFN/c1-2-5-12-7-3-4-8(10)9(11)6-7/h1,3-4,6,12H,5H2. The highest BCUT2D eigenvalue weighted by atomic mass is 79.9. The maximum absolute atomic E-state index is 12.9. The van der Waals surface area contributed by atoms with Crippen molar-refractivity contribution in [3.8, 4) is 12.3 Å². The molecule has 0 aromatic heterocycles. The molecule has 1 nitrogen and oxygen atoms in total. The van der Waals surface area contributed by atoms with Crippen LogP contribution in [0.3, 0.4) is 0 Å². The van der Waals surface area contributed by atoms with Gasteiger partial charge in [0.1, 0.15) is 5.82 Å². The van der Waals surface area contributed by atoms with Crippen LogP contribution in [-0.4, -0.2) is 6.54 Å². The van der Waals surface area contributed by atoms with Crippen LogP contribution in [0.1, 0.15) is 0 Å². The highest BCUT2D eigenvalue weighted by Gasteiger charge is 1.98. The SMILES string of the molecule is C#CCNc1ccc(Br)c(F)c1. The molecule has 0 amide bonds. The lowest BCUT2D eigenvalue weighted by atomic mass is 10.3. The van der Waals surface area contributed by atoms with Gasteiger partial charge in [0.15, 0.2) is 0 Å². The van der Waals surface area contributed by atoms with Crippen molar-refractivity contribution in [2.75, 3.05) is 11.9 Å². The summed E-state index contributed by atoms with van der Waals surface area (Å²) in [5.41, 5.74) is 0.689. The Morgan fingerprint density at radius 1 is 1.58 bits per heavy atom. The summed E-state index contributed by atoms with van der Waals surface area (Å²) in [6, 6.07) is 4.78. The largest absolute Gasteiger partial charge is 0.374 e. The smallest absolute Gasteiger partial charge is 0.139 e. The molecule has 12 heavy (non-hydrogen) atoms. The van der Waals surface area contributed by atoms with Gasteiger partial charge in [-0.2, -0.15) is 0 Å². The predicted octanol–water partition coefficient (Wildman–Crippen LogP) is 2.63. The minimum Gasteiger partial charge on any atom is -0.374 e. The van der Waals surface area contributed by atoms with E-state index in [0.717, 1.165) is 0 Å². The Bertz CT molecular complexity index is 317. The first kappa shape index (κ1) is 9.08. The van der Waals surface area contributed by atoms with Crippen LogP contribution in [0.15, 0.2) is 22.7 Å². The molecule has 0 atom stereocenters. The highest BCUT2D eigenvalue weighted by molar-refractivity contribution is 9.10. The monoisotopic (exact) mass is 227 g/mol. The average Bonchev–Trinajstić information content (AvgIpc) is 2.07. The zero-order valence-electron chi connectivity index (χ0n) is 6.27. The molecule has 0 saturated carbocycles. The van der Waals surface area contributed by atoms with Gasteiger partial charge in [-0.3, -0.25) is 0 Å². The summed E-state index contributed by atoms with van der Waals surface area (Å²) in [5, 5.41) is 2.87. The van der Waals surface area contributed by atoms with Crippen molar-refractivity contribution in [2.45, 2.75) is 0 Å². The van der Waals surface area contributed by atoms with Crippen molar-refractivity contribution in [3.05, 3.63) is 28.5 Å². The van der Waals surface area contributed by atoms with E-state index in [4.69, 9.17) is 6.42 Å². The van der Waals surface area contributed by atoms with Gasteiger partial charge in [-0.15, -0.1) is 6.42 Å². The molecule has 0 spiro atoms. The van der Waals surface area contributed by atoms with Gasteiger partial charge in [-0.1, -0.05) is 5.92 Å². The van der Waals surface area contributed by atoms with Crippen LogP contribution in [0.25, 0.3) is 0 Å². The summed E-state index contributed by atoms with van der Waals surface area (Å²) < 4.78 is 13.3. The fraction of sp³-hybridized carbons (Fsp3) is 0.111. The lowest BCUT2D eigenvalue weighted by Crippen LogP contribution is -1.98. The first-order valence-electron chi connectivity index (χ1n) is 3.36. The van der Waals surface area contributed by atoms with Gasteiger partial charge < -0.3 is 5.32 Å². The fourth-order valence-electron chi connectivity index (χ4n) is 0.759. The maximum atomic E-state index is 12.9. The third kappa shape index (κ3) is 2.24. The number of anilines is 1. The Labute approximate surface area is 79.1 Å². The molecule has 0 heterocycles. The number of rotatable bonds is 2. The van der Waals surface area contributed by atoms with Gasteiger partial charge in [-0.25, -0.2) is 4.39 Å². The third-order valence-corrected chi connectivity index (χ3v) is 1.96. The van der Waals surface area contributed by atoms with Crippen molar-refractivity contribution in [3.63, 3.8) is 0 Å². The van der Waals surface area contributed by atoms with E-state index in [1.54, 1.807) is 12.1 Å². The molecule has 3 heteroatoms. The zero-order chi connectivity index (χ0) is 8.97. The lowest BCUT2D eigenvalue weighted by molar-refractivity contribution is 0.621. The number of hydrogen-bond acceptors (Lipinski definition) is 1. The van der Waals surface area contributed by atoms with Gasteiger partial charge in [0.2, 0.25) is 0 Å². The third-order valence-electron chi connectivity index (χ3n) is 1.31. The molecule has 1 N–H and O–H groups in total. The fourth-order valence-corrected chi connectivity index (χ4v) is 1.01. The van der Waals surface area contributed by atoms with Crippen LogP contribution >= 0.6 is 15.9 Å². The number of benzene rings is 1. The van der Waals surface area contributed by atoms with Gasteiger partial charge in [-0.05, 0) is 34.1 Å². The van der Waals surface area contributed by atoms with Crippen molar-refractivity contribution < 1.29 is 4.39 Å². The molecule has 62 valence electrons. The predicted molar refractivity (Wildman–Crippen MR) is 51.4 cm³/mol. The molecule has 0 aliphatic carbocycles. The number of terminal acetylenes is 1. The summed E-state index contributed by atoms with van der Waals surface area (Å²) in [4.78, 5) is 0. The summed E-state index contributed by atoms with van der Waals surface area (Å²) >= 11 is 3.05. The Morgan fingerprint density at radius 2 is 2.33 bits per heavy atom. The topological polar surface area (TPSA) is 12.0 Å². The Hall–Kier alpha value is -1.01. The van der Waals surface area contributed by atoms with Crippen LogP contribution in [0.5, 0.6) is 0 Å². The molecule has 1 aromatic rings. The van der Waals surface area contributed by atoms with E-state index < -0.39 is 0 Å². The van der Waals surface area contributed by atoms with Gasteiger partial charge >= 0.3 is 0 Å². The van der Waals surface area contributed by atoms with E-state index >= 15 is 0 Å². The maximum Gasteiger partial charge on any atom is 0.139 e. The summed E-state index contributed by atoms with van der Waals surface area (Å²) in [6.45, 7) is 0.404. The molecule has 0 unspecified atom stereocenters. The molecule has 0 fully saturated rings. The first-order valence-corrected chi connectivity index (χ1v) is 4.15. The van der Waals surface area contributed by atoms with Crippen LogP contribution in [-0.2, 0) is 0 Å². The quantitative estimate of drug-likeness (QED) is 0.767.